The molecular weight excluding hydrogens is 262 g/mol. The van der Waals surface area contributed by atoms with Gasteiger partial charge < -0.3 is 15.0 Å². The predicted octanol–water partition coefficient (Wildman–Crippen LogP) is 2.69. The highest BCUT2D eigenvalue weighted by molar-refractivity contribution is 5.52. The minimum atomic E-state index is -0.485. The molecule has 0 radical (unpaired) electrons. The number of anilines is 1. The maximum absolute atomic E-state index is 14.3. The van der Waals surface area contributed by atoms with E-state index in [0.29, 0.717) is 25.3 Å². The van der Waals surface area contributed by atoms with Crippen LogP contribution in [0, 0.1) is 11.6 Å². The van der Waals surface area contributed by atoms with Crippen LogP contribution in [0.25, 0.3) is 0 Å². The quantitative estimate of drug-likeness (QED) is 0.794. The van der Waals surface area contributed by atoms with Gasteiger partial charge in [-0.2, -0.15) is 0 Å². The van der Waals surface area contributed by atoms with Crippen molar-refractivity contribution in [3.05, 3.63) is 29.3 Å². The molecule has 1 saturated carbocycles. The van der Waals surface area contributed by atoms with E-state index in [9.17, 15) is 8.78 Å². The molecule has 2 rings (SSSR count). The number of hydrogen-bond donors (Lipinski definition) is 1. The van der Waals surface area contributed by atoms with Crippen molar-refractivity contribution in [2.45, 2.75) is 32.4 Å². The molecular formula is C15H22F2N2O. The third kappa shape index (κ3) is 3.67. The van der Waals surface area contributed by atoms with Gasteiger partial charge in [0.25, 0.3) is 0 Å². The van der Waals surface area contributed by atoms with E-state index >= 15 is 0 Å². The van der Waals surface area contributed by atoms with Crippen molar-refractivity contribution in [3.63, 3.8) is 0 Å². The van der Waals surface area contributed by atoms with E-state index in [1.807, 2.05) is 6.92 Å². The average Bonchev–Trinajstić information content (AvgIpc) is 3.23. The maximum Gasteiger partial charge on any atom is 0.149 e. The molecule has 1 N–H and O–H groups in total. The highest BCUT2D eigenvalue weighted by Gasteiger charge is 2.32. The molecule has 0 bridgehead atoms. The molecule has 112 valence electrons. The number of nitrogens with zero attached hydrogens (tertiary/aromatic N) is 1. The largest absolute Gasteiger partial charge is 0.383 e. The van der Waals surface area contributed by atoms with Crippen molar-refractivity contribution in [3.8, 4) is 0 Å². The minimum absolute atomic E-state index is 0.0878. The molecule has 0 heterocycles. The molecule has 0 unspecified atom stereocenters. The Kier molecular flexibility index (Phi) is 5.31. The Morgan fingerprint density at radius 3 is 2.45 bits per heavy atom. The predicted molar refractivity (Wildman–Crippen MR) is 76.0 cm³/mol. The van der Waals surface area contributed by atoms with Crippen LogP contribution in [0.3, 0.4) is 0 Å². The maximum atomic E-state index is 14.3. The molecule has 1 aliphatic carbocycles. The Morgan fingerprint density at radius 2 is 1.95 bits per heavy atom. The molecule has 0 spiro atoms. The van der Waals surface area contributed by atoms with Gasteiger partial charge in [-0.3, -0.25) is 0 Å². The standard InChI is InChI=1S/C15H22F2N2O/c1-3-18-10-11-8-13(16)15(14(17)9-11)19(6-7-20-2)12-4-5-12/h8-9,12,18H,3-7,10H2,1-2H3. The van der Waals surface area contributed by atoms with Crippen LogP contribution in [-0.2, 0) is 11.3 Å². The summed E-state index contributed by atoms with van der Waals surface area (Å²) in [6.45, 7) is 4.19. The molecule has 0 atom stereocenters. The van der Waals surface area contributed by atoms with Crippen molar-refractivity contribution < 1.29 is 13.5 Å². The van der Waals surface area contributed by atoms with Crippen LogP contribution in [0.1, 0.15) is 25.3 Å². The van der Waals surface area contributed by atoms with E-state index in [4.69, 9.17) is 4.74 Å². The molecule has 0 aliphatic heterocycles. The fraction of sp³-hybridized carbons (Fsp3) is 0.600. The average molecular weight is 284 g/mol. The summed E-state index contributed by atoms with van der Waals surface area (Å²) in [6, 6.07) is 3.08. The number of methoxy groups -OCH3 is 1. The Hall–Kier alpha value is -1.20. The molecule has 20 heavy (non-hydrogen) atoms. The molecule has 0 saturated heterocycles. The van der Waals surface area contributed by atoms with Crippen molar-refractivity contribution in [1.82, 2.24) is 5.32 Å². The monoisotopic (exact) mass is 284 g/mol. The molecule has 1 fully saturated rings. The van der Waals surface area contributed by atoms with Gasteiger partial charge in [-0.25, -0.2) is 8.78 Å². The van der Waals surface area contributed by atoms with Gasteiger partial charge in [0.2, 0.25) is 0 Å². The van der Waals surface area contributed by atoms with E-state index in [2.05, 4.69) is 5.32 Å². The zero-order valence-corrected chi connectivity index (χ0v) is 12.1. The van der Waals surface area contributed by atoms with E-state index in [0.717, 1.165) is 19.4 Å². The molecule has 0 aromatic heterocycles. The van der Waals surface area contributed by atoms with E-state index in [-0.39, 0.29) is 11.7 Å². The first-order valence-electron chi connectivity index (χ1n) is 7.11. The SMILES string of the molecule is CCNCc1cc(F)c(N(CCOC)C2CC2)c(F)c1. The number of benzene rings is 1. The van der Waals surface area contributed by atoms with Crippen LogP contribution in [0.15, 0.2) is 12.1 Å². The third-order valence-electron chi connectivity index (χ3n) is 3.47. The van der Waals surface area contributed by atoms with Crippen LogP contribution in [0.2, 0.25) is 0 Å². The molecule has 0 amide bonds. The van der Waals surface area contributed by atoms with Gasteiger partial charge in [-0.15, -0.1) is 0 Å². The summed E-state index contributed by atoms with van der Waals surface area (Å²) in [5.41, 5.74) is 0.720. The Morgan fingerprint density at radius 1 is 1.30 bits per heavy atom. The number of hydrogen-bond acceptors (Lipinski definition) is 3. The second kappa shape index (κ2) is 6.99. The van der Waals surface area contributed by atoms with Crippen LogP contribution in [0.5, 0.6) is 0 Å². The van der Waals surface area contributed by atoms with Gasteiger partial charge in [0.05, 0.1) is 6.61 Å². The van der Waals surface area contributed by atoms with Gasteiger partial charge in [0.1, 0.15) is 17.3 Å². The van der Waals surface area contributed by atoms with Crippen LogP contribution in [-0.4, -0.2) is 32.8 Å². The lowest BCUT2D eigenvalue weighted by Crippen LogP contribution is -2.31. The van der Waals surface area contributed by atoms with Crippen molar-refractivity contribution >= 4 is 5.69 Å². The van der Waals surface area contributed by atoms with Crippen LogP contribution in [0.4, 0.5) is 14.5 Å². The van der Waals surface area contributed by atoms with Gasteiger partial charge in [-0.1, -0.05) is 6.92 Å². The summed E-state index contributed by atoms with van der Waals surface area (Å²) >= 11 is 0. The Labute approximate surface area is 118 Å². The van der Waals surface area contributed by atoms with Crippen molar-refractivity contribution in [2.75, 3.05) is 31.7 Å². The highest BCUT2D eigenvalue weighted by atomic mass is 19.1. The summed E-state index contributed by atoms with van der Waals surface area (Å²) in [7, 11) is 1.59. The fourth-order valence-electron chi connectivity index (χ4n) is 2.32. The smallest absolute Gasteiger partial charge is 0.149 e. The molecule has 1 aromatic carbocycles. The summed E-state index contributed by atoms with van der Waals surface area (Å²) in [5, 5.41) is 3.07. The third-order valence-corrected chi connectivity index (χ3v) is 3.47. The zero-order chi connectivity index (χ0) is 14.5. The lowest BCUT2D eigenvalue weighted by atomic mass is 10.1. The minimum Gasteiger partial charge on any atom is -0.383 e. The lowest BCUT2D eigenvalue weighted by Gasteiger charge is -2.25. The van der Waals surface area contributed by atoms with Gasteiger partial charge >= 0.3 is 0 Å². The van der Waals surface area contributed by atoms with Crippen molar-refractivity contribution in [2.24, 2.45) is 0 Å². The van der Waals surface area contributed by atoms with Gasteiger partial charge in [-0.05, 0) is 37.1 Å². The molecule has 1 aliphatic rings. The number of nitrogens with one attached hydrogen (secondary N) is 1. The molecule has 5 heteroatoms. The Balaban J connectivity index is 2.20. The van der Waals surface area contributed by atoms with Gasteiger partial charge in [0, 0.05) is 26.2 Å². The second-order valence-electron chi connectivity index (χ2n) is 5.11. The lowest BCUT2D eigenvalue weighted by molar-refractivity contribution is 0.204. The van der Waals surface area contributed by atoms with E-state index < -0.39 is 11.6 Å². The second-order valence-corrected chi connectivity index (χ2v) is 5.11. The Bertz CT molecular complexity index is 426. The zero-order valence-electron chi connectivity index (χ0n) is 12.1. The summed E-state index contributed by atoms with van der Waals surface area (Å²) in [5.74, 6) is -0.971. The highest BCUT2D eigenvalue weighted by Crippen LogP contribution is 2.35. The van der Waals surface area contributed by atoms with E-state index in [1.165, 1.54) is 12.1 Å². The number of halogens is 2. The summed E-state index contributed by atoms with van der Waals surface area (Å²) in [6.07, 6.45) is 1.98. The first kappa shape index (κ1) is 15.2. The first-order valence-corrected chi connectivity index (χ1v) is 7.11. The summed E-state index contributed by atoms with van der Waals surface area (Å²) < 4.78 is 33.5. The number of rotatable bonds is 8. The van der Waals surface area contributed by atoms with E-state index in [1.54, 1.807) is 12.0 Å². The fourth-order valence-corrected chi connectivity index (χ4v) is 2.32. The first-order chi connectivity index (χ1) is 9.67. The van der Waals surface area contributed by atoms with Crippen LogP contribution >= 0.6 is 0 Å². The molecule has 3 nitrogen and oxygen atoms in total. The topological polar surface area (TPSA) is 24.5 Å². The van der Waals surface area contributed by atoms with Crippen molar-refractivity contribution in [1.29, 1.82) is 0 Å². The van der Waals surface area contributed by atoms with Gasteiger partial charge in [0.15, 0.2) is 0 Å². The normalized spacial score (nSPS) is 14.6. The van der Waals surface area contributed by atoms with Crippen LogP contribution < -0.4 is 10.2 Å². The number of ether oxygens (including phenoxy) is 1. The molecule has 1 aromatic rings. The summed E-state index contributed by atoms with van der Waals surface area (Å²) in [4.78, 5) is 1.80.